The van der Waals surface area contributed by atoms with Crippen LogP contribution in [0.3, 0.4) is 0 Å². The topological polar surface area (TPSA) is 103 Å². The van der Waals surface area contributed by atoms with Gasteiger partial charge in [0.05, 0.1) is 17.8 Å². The van der Waals surface area contributed by atoms with Gasteiger partial charge in [0.1, 0.15) is 11.9 Å². The second-order valence-corrected chi connectivity index (χ2v) is 8.97. The van der Waals surface area contributed by atoms with E-state index in [-0.39, 0.29) is 36.0 Å². The molecule has 1 aromatic heterocycles. The van der Waals surface area contributed by atoms with Crippen molar-refractivity contribution in [1.29, 1.82) is 0 Å². The molecule has 2 aromatic rings. The van der Waals surface area contributed by atoms with Crippen molar-refractivity contribution < 1.29 is 23.9 Å². The summed E-state index contributed by atoms with van der Waals surface area (Å²) in [6, 6.07) is 5.39. The van der Waals surface area contributed by atoms with Gasteiger partial charge < -0.3 is 10.0 Å². The quantitative estimate of drug-likeness (QED) is 0.686. The van der Waals surface area contributed by atoms with Crippen LogP contribution in [0.15, 0.2) is 30.5 Å². The van der Waals surface area contributed by atoms with Crippen molar-refractivity contribution in [2.75, 3.05) is 13.1 Å². The minimum absolute atomic E-state index is 0.141. The van der Waals surface area contributed by atoms with Crippen molar-refractivity contribution in [2.45, 2.75) is 50.9 Å². The highest BCUT2D eigenvalue weighted by Gasteiger charge is 2.44. The second-order valence-electron chi connectivity index (χ2n) is 8.97. The number of aliphatic hydroxyl groups excluding tert-OH is 1. The number of nitrogens with one attached hydrogen (secondary N) is 1. The Balaban J connectivity index is 1.44. The van der Waals surface area contributed by atoms with Crippen molar-refractivity contribution in [1.82, 2.24) is 20.1 Å². The molecular weight excluding hydrogens is 427 g/mol. The first-order chi connectivity index (χ1) is 15.8. The maximum absolute atomic E-state index is 15.8. The SMILES string of the molecule is C[C@@H]1c2c(ccc(-c3cc(CN4CC[C@H](O)C4)ccn3)c2F)C(=O)N1[C@@H]1CCC(=O)NC1=O. The molecule has 0 saturated carbocycles. The van der Waals surface area contributed by atoms with Crippen molar-refractivity contribution >= 4 is 17.7 Å². The average Bonchev–Trinajstić information content (AvgIpc) is 3.29. The zero-order valence-electron chi connectivity index (χ0n) is 18.3. The summed E-state index contributed by atoms with van der Waals surface area (Å²) in [6.45, 7) is 3.75. The fourth-order valence-electron chi connectivity index (χ4n) is 5.13. The summed E-state index contributed by atoms with van der Waals surface area (Å²) in [7, 11) is 0. The molecule has 0 aliphatic carbocycles. The number of pyridine rings is 1. The van der Waals surface area contributed by atoms with Gasteiger partial charge in [-0.25, -0.2) is 4.39 Å². The number of benzene rings is 1. The number of hydrogen-bond acceptors (Lipinski definition) is 6. The minimum atomic E-state index is -0.808. The number of aromatic nitrogens is 1. The average molecular weight is 452 g/mol. The van der Waals surface area contributed by atoms with Crippen LogP contribution in [0.4, 0.5) is 4.39 Å². The highest BCUT2D eigenvalue weighted by molar-refractivity contribution is 6.06. The first-order valence-corrected chi connectivity index (χ1v) is 11.2. The maximum Gasteiger partial charge on any atom is 0.255 e. The summed E-state index contributed by atoms with van der Waals surface area (Å²) in [6.07, 6.45) is 2.42. The lowest BCUT2D eigenvalue weighted by molar-refractivity contribution is -0.137. The summed E-state index contributed by atoms with van der Waals surface area (Å²) >= 11 is 0. The Morgan fingerprint density at radius 1 is 1.18 bits per heavy atom. The van der Waals surface area contributed by atoms with E-state index < -0.39 is 29.7 Å². The summed E-state index contributed by atoms with van der Waals surface area (Å²) in [5, 5.41) is 12.0. The van der Waals surface area contributed by atoms with Crippen molar-refractivity contribution in [3.8, 4) is 11.3 Å². The monoisotopic (exact) mass is 452 g/mol. The number of carbonyl (C=O) groups is 3. The predicted molar refractivity (Wildman–Crippen MR) is 116 cm³/mol. The molecule has 2 saturated heterocycles. The van der Waals surface area contributed by atoms with Crippen LogP contribution in [-0.4, -0.2) is 62.8 Å². The number of rotatable bonds is 4. The lowest BCUT2D eigenvalue weighted by Crippen LogP contribution is -2.53. The van der Waals surface area contributed by atoms with Gasteiger partial charge in [0, 0.05) is 48.9 Å². The van der Waals surface area contributed by atoms with E-state index in [1.165, 1.54) is 4.90 Å². The summed E-state index contributed by atoms with van der Waals surface area (Å²) in [5.74, 6) is -1.83. The number of β-amino-alcohol motifs (C(OH)–C–C–N with tert-alkyl or cyclic N) is 1. The van der Waals surface area contributed by atoms with E-state index in [9.17, 15) is 19.5 Å². The van der Waals surface area contributed by atoms with Crippen molar-refractivity contribution in [2.24, 2.45) is 0 Å². The lowest BCUT2D eigenvalue weighted by Gasteiger charge is -2.32. The van der Waals surface area contributed by atoms with Gasteiger partial charge in [0.15, 0.2) is 0 Å². The Morgan fingerprint density at radius 3 is 2.70 bits per heavy atom. The van der Waals surface area contributed by atoms with Crippen molar-refractivity contribution in [3.05, 3.63) is 53.0 Å². The molecule has 4 heterocycles. The largest absolute Gasteiger partial charge is 0.392 e. The fraction of sp³-hybridized carbons (Fsp3) is 0.417. The van der Waals surface area contributed by atoms with Crippen LogP contribution in [0.25, 0.3) is 11.3 Å². The lowest BCUT2D eigenvalue weighted by atomic mass is 9.98. The van der Waals surface area contributed by atoms with Gasteiger partial charge in [-0.3, -0.25) is 29.6 Å². The molecule has 2 N–H and O–H groups in total. The van der Waals surface area contributed by atoms with Gasteiger partial charge in [0.2, 0.25) is 11.8 Å². The van der Waals surface area contributed by atoms with E-state index in [1.807, 2.05) is 12.1 Å². The first-order valence-electron chi connectivity index (χ1n) is 11.2. The molecule has 3 amide bonds. The van der Waals surface area contributed by atoms with E-state index in [1.54, 1.807) is 25.3 Å². The number of halogens is 1. The summed E-state index contributed by atoms with van der Waals surface area (Å²) in [5.41, 5.74) is 2.20. The van der Waals surface area contributed by atoms with Crippen LogP contribution in [0.2, 0.25) is 0 Å². The standard InChI is InChI=1S/C24H25FN4O4/c1-13-21-17(24(33)29(13)19-4-5-20(31)27-23(19)32)3-2-16(22(21)25)18-10-14(6-8-26-18)11-28-9-7-15(30)12-28/h2-3,6,8,10,13,15,19,30H,4-5,7,9,11-12H2,1H3,(H,27,31,32)/t13-,15+,19-/m1/s1. The number of nitrogens with zero attached hydrogens (tertiary/aromatic N) is 3. The number of amides is 3. The number of likely N-dealkylation sites (tertiary alicyclic amines) is 1. The Hall–Kier alpha value is -3.17. The molecule has 33 heavy (non-hydrogen) atoms. The Morgan fingerprint density at radius 2 is 1.97 bits per heavy atom. The van der Waals surface area contributed by atoms with E-state index in [0.29, 0.717) is 24.3 Å². The third-order valence-corrected chi connectivity index (χ3v) is 6.78. The second kappa shape index (κ2) is 8.31. The van der Waals surface area contributed by atoms with Crippen LogP contribution < -0.4 is 5.32 Å². The summed E-state index contributed by atoms with van der Waals surface area (Å²) < 4.78 is 15.8. The Bertz CT molecular complexity index is 1150. The highest BCUT2D eigenvalue weighted by Crippen LogP contribution is 2.40. The van der Waals surface area contributed by atoms with E-state index >= 15 is 4.39 Å². The van der Waals surface area contributed by atoms with Gasteiger partial charge in [-0.15, -0.1) is 0 Å². The highest BCUT2D eigenvalue weighted by atomic mass is 19.1. The van der Waals surface area contributed by atoms with Crippen LogP contribution in [-0.2, 0) is 16.1 Å². The summed E-state index contributed by atoms with van der Waals surface area (Å²) in [4.78, 5) is 44.8. The first kappa shape index (κ1) is 21.7. The van der Waals surface area contributed by atoms with Crippen LogP contribution in [0.1, 0.15) is 53.7 Å². The molecule has 8 nitrogen and oxygen atoms in total. The van der Waals surface area contributed by atoms with Gasteiger partial charge in [0.25, 0.3) is 5.91 Å². The van der Waals surface area contributed by atoms with Crippen molar-refractivity contribution in [3.63, 3.8) is 0 Å². The van der Waals surface area contributed by atoms with E-state index in [2.05, 4.69) is 15.2 Å². The van der Waals surface area contributed by atoms with E-state index in [4.69, 9.17) is 0 Å². The maximum atomic E-state index is 15.8. The molecule has 2 fully saturated rings. The number of carbonyl (C=O) groups excluding carboxylic acids is 3. The molecule has 1 aromatic carbocycles. The molecular formula is C24H25FN4O4. The molecule has 5 rings (SSSR count). The molecule has 0 spiro atoms. The van der Waals surface area contributed by atoms with Crippen LogP contribution in [0, 0.1) is 5.82 Å². The van der Waals surface area contributed by atoms with Gasteiger partial charge >= 0.3 is 0 Å². The molecule has 0 radical (unpaired) electrons. The predicted octanol–water partition coefficient (Wildman–Crippen LogP) is 1.78. The minimum Gasteiger partial charge on any atom is -0.392 e. The smallest absolute Gasteiger partial charge is 0.255 e. The molecule has 9 heteroatoms. The molecule has 172 valence electrons. The van der Waals surface area contributed by atoms with E-state index in [0.717, 1.165) is 18.5 Å². The number of aliphatic hydroxyl groups is 1. The number of fused-ring (bicyclic) bond motifs is 1. The van der Waals surface area contributed by atoms with Gasteiger partial charge in [-0.1, -0.05) is 0 Å². The van der Waals surface area contributed by atoms with Gasteiger partial charge in [-0.05, 0) is 49.6 Å². The Kier molecular flexibility index (Phi) is 5.46. The normalized spacial score (nSPS) is 25.5. The Labute approximate surface area is 190 Å². The number of hydrogen-bond donors (Lipinski definition) is 2. The zero-order chi connectivity index (χ0) is 23.3. The zero-order valence-corrected chi connectivity index (χ0v) is 18.3. The third-order valence-electron chi connectivity index (χ3n) is 6.78. The third kappa shape index (κ3) is 3.81. The fourth-order valence-corrected chi connectivity index (χ4v) is 5.13. The molecule has 0 bridgehead atoms. The molecule has 3 aliphatic rings. The number of imide groups is 1. The van der Waals surface area contributed by atoms with Gasteiger partial charge in [-0.2, -0.15) is 0 Å². The number of piperidine rings is 1. The van der Waals surface area contributed by atoms with Crippen LogP contribution >= 0.6 is 0 Å². The molecule has 0 unspecified atom stereocenters. The molecule has 3 aliphatic heterocycles. The molecule has 3 atom stereocenters. The van der Waals surface area contributed by atoms with Crippen LogP contribution in [0.5, 0.6) is 0 Å².